The van der Waals surface area contributed by atoms with Crippen LogP contribution in [-0.2, 0) is 23.8 Å². The Balaban J connectivity index is 1.33. The second kappa shape index (κ2) is 21.5. The third-order valence-electron chi connectivity index (χ3n) is 16.4. The highest BCUT2D eigenvalue weighted by Gasteiger charge is 2.59. The van der Waals surface area contributed by atoms with E-state index in [2.05, 4.69) is 58.3 Å². The molecule has 1 unspecified atom stereocenters. The van der Waals surface area contributed by atoms with Crippen molar-refractivity contribution in [3.05, 3.63) is 11.6 Å². The van der Waals surface area contributed by atoms with E-state index < -0.39 is 34.5 Å². The number of carbonyl (C=O) groups excluding carboxylic acids is 4. The molecule has 4 rings (SSSR count). The van der Waals surface area contributed by atoms with Crippen LogP contribution in [-0.4, -0.2) is 70.4 Å². The van der Waals surface area contributed by atoms with Crippen molar-refractivity contribution in [1.29, 1.82) is 0 Å². The second-order valence-electron chi connectivity index (χ2n) is 25.1. The van der Waals surface area contributed by atoms with Crippen LogP contribution in [0.5, 0.6) is 0 Å². The van der Waals surface area contributed by atoms with E-state index in [9.17, 15) is 19.2 Å². The summed E-state index contributed by atoms with van der Waals surface area (Å²) in [7, 11) is 0. The van der Waals surface area contributed by atoms with Crippen LogP contribution < -0.4 is 10.6 Å². The standard InChI is InChI=1S/C54H95N3O7/c1-17-38(36(2)3)20-19-37(4)42-23-24-43-41-22-21-39-35-40(27-30-53(39,15)44(41)28-31-54(42,43)16)62-46(59)26-25-45(58)57(34-32-52(13,14)56-48(61)64-50(8,9)10)33-18-29-51(11,12)55-47(60)63-49(5,6)7/h21,36-38,40-44H,17-20,22-35H2,1-16H3,(H,55,60)(H,56,61)/t37-,38-,40?,41+,42-,43+,44+,53+,54-/m1/s1. The Hall–Kier alpha value is -2.78. The van der Waals surface area contributed by atoms with Crippen molar-refractivity contribution in [3.8, 4) is 0 Å². The number of amides is 3. The molecule has 0 aromatic rings. The fourth-order valence-corrected chi connectivity index (χ4v) is 12.8. The molecule has 0 saturated heterocycles. The number of allylic oxidation sites excluding steroid dienone is 1. The summed E-state index contributed by atoms with van der Waals surface area (Å²) in [6, 6.07) is 0. The number of alkyl carbamates (subject to hydrolysis) is 2. The van der Waals surface area contributed by atoms with Crippen LogP contribution in [0.4, 0.5) is 9.59 Å². The van der Waals surface area contributed by atoms with E-state index in [0.717, 1.165) is 61.2 Å². The molecule has 0 aliphatic heterocycles. The molecular weight excluding hydrogens is 803 g/mol. The van der Waals surface area contributed by atoms with E-state index in [1.807, 2.05) is 69.2 Å². The number of nitrogens with zero attached hydrogens (tertiary/aromatic N) is 1. The average Bonchev–Trinajstić information content (AvgIpc) is 3.50. The fraction of sp³-hybridized carbons (Fsp3) is 0.889. The highest BCUT2D eigenvalue weighted by Crippen LogP contribution is 2.67. The highest BCUT2D eigenvalue weighted by atomic mass is 16.6. The number of esters is 1. The van der Waals surface area contributed by atoms with Crippen LogP contribution in [0, 0.1) is 52.3 Å². The van der Waals surface area contributed by atoms with Crippen LogP contribution in [0.25, 0.3) is 0 Å². The lowest BCUT2D eigenvalue weighted by Crippen LogP contribution is -2.51. The normalized spacial score (nSPS) is 28.1. The third kappa shape index (κ3) is 14.9. The van der Waals surface area contributed by atoms with E-state index in [1.54, 1.807) is 4.90 Å². The maximum absolute atomic E-state index is 13.9. The summed E-state index contributed by atoms with van der Waals surface area (Å²) in [5.74, 6) is 5.06. The molecule has 3 amide bonds. The lowest BCUT2D eigenvalue weighted by molar-refractivity contribution is -0.153. The number of rotatable bonds is 19. The minimum absolute atomic E-state index is 0.0223. The summed E-state index contributed by atoms with van der Waals surface area (Å²) in [4.78, 5) is 54.3. The minimum atomic E-state index is -0.651. The zero-order chi connectivity index (χ0) is 48.1. The Morgan fingerprint density at radius 2 is 1.38 bits per heavy atom. The SMILES string of the molecule is CC[C@H](CC[C@@H](C)[C@H]1CC[C@H]2[C@@H]3CC=C4CC(OC(=O)CCC(=O)N(CCCC(C)(C)NC(=O)OC(C)(C)C)CCC(C)(C)NC(=O)OC(C)(C)C)CC[C@]4(C)[C@H]3CC[C@]12C)C(C)C. The Kier molecular flexibility index (Phi) is 18.0. The van der Waals surface area contributed by atoms with E-state index in [-0.39, 0.29) is 36.2 Å². The monoisotopic (exact) mass is 898 g/mol. The third-order valence-corrected chi connectivity index (χ3v) is 16.4. The number of fused-ring (bicyclic) bond motifs is 5. The van der Waals surface area contributed by atoms with Crippen LogP contribution in [0.3, 0.4) is 0 Å². The molecule has 10 heteroatoms. The minimum Gasteiger partial charge on any atom is -0.462 e. The molecule has 4 aliphatic carbocycles. The predicted octanol–water partition coefficient (Wildman–Crippen LogP) is 13.0. The molecule has 4 aliphatic rings. The van der Waals surface area contributed by atoms with Crippen molar-refractivity contribution < 1.29 is 33.4 Å². The van der Waals surface area contributed by atoms with Crippen molar-refractivity contribution in [2.45, 2.75) is 242 Å². The predicted molar refractivity (Wildman–Crippen MR) is 259 cm³/mol. The Morgan fingerprint density at radius 3 is 1.95 bits per heavy atom. The first-order chi connectivity index (χ1) is 29.5. The average molecular weight is 898 g/mol. The zero-order valence-corrected chi connectivity index (χ0v) is 43.7. The molecule has 368 valence electrons. The van der Waals surface area contributed by atoms with Gasteiger partial charge in [0.2, 0.25) is 5.91 Å². The van der Waals surface area contributed by atoms with E-state index in [0.29, 0.717) is 43.7 Å². The van der Waals surface area contributed by atoms with Crippen molar-refractivity contribution in [2.24, 2.45) is 52.3 Å². The molecule has 0 aromatic carbocycles. The second-order valence-corrected chi connectivity index (χ2v) is 25.1. The lowest BCUT2D eigenvalue weighted by Gasteiger charge is -2.58. The molecule has 0 bridgehead atoms. The molecule has 2 N–H and O–H groups in total. The fourth-order valence-electron chi connectivity index (χ4n) is 12.8. The molecule has 64 heavy (non-hydrogen) atoms. The van der Waals surface area contributed by atoms with Gasteiger partial charge in [0.05, 0.1) is 6.42 Å². The first kappa shape index (κ1) is 53.8. The summed E-state index contributed by atoms with van der Waals surface area (Å²) in [6.07, 6.45) is 16.5. The Morgan fingerprint density at radius 1 is 0.766 bits per heavy atom. The van der Waals surface area contributed by atoms with Gasteiger partial charge in [-0.1, -0.05) is 66.0 Å². The molecule has 0 radical (unpaired) electrons. The van der Waals surface area contributed by atoms with Gasteiger partial charge in [0.1, 0.15) is 17.3 Å². The van der Waals surface area contributed by atoms with Gasteiger partial charge in [-0.3, -0.25) is 9.59 Å². The van der Waals surface area contributed by atoms with Crippen molar-refractivity contribution in [1.82, 2.24) is 15.5 Å². The molecule has 3 fully saturated rings. The summed E-state index contributed by atoms with van der Waals surface area (Å²) in [5, 5.41) is 5.91. The maximum Gasteiger partial charge on any atom is 0.408 e. The first-order valence-electron chi connectivity index (χ1n) is 25.7. The van der Waals surface area contributed by atoms with Gasteiger partial charge in [-0.25, -0.2) is 9.59 Å². The molecule has 10 nitrogen and oxygen atoms in total. The molecule has 0 aromatic heterocycles. The number of ether oxygens (including phenoxy) is 3. The van der Waals surface area contributed by atoms with Crippen LogP contribution >= 0.6 is 0 Å². The molecular formula is C54H95N3O7. The molecule has 3 saturated carbocycles. The summed E-state index contributed by atoms with van der Waals surface area (Å²) < 4.78 is 17.1. The number of nitrogens with one attached hydrogen (secondary N) is 2. The largest absolute Gasteiger partial charge is 0.462 e. The Bertz CT molecular complexity index is 1620. The first-order valence-corrected chi connectivity index (χ1v) is 25.7. The van der Waals surface area contributed by atoms with Gasteiger partial charge in [0, 0.05) is 37.0 Å². The van der Waals surface area contributed by atoms with Gasteiger partial charge in [-0.15, -0.1) is 0 Å². The number of hydrogen-bond acceptors (Lipinski definition) is 7. The van der Waals surface area contributed by atoms with Crippen molar-refractivity contribution in [2.75, 3.05) is 13.1 Å². The van der Waals surface area contributed by atoms with E-state index in [1.165, 1.54) is 50.5 Å². The van der Waals surface area contributed by atoms with Crippen molar-refractivity contribution >= 4 is 24.1 Å². The van der Waals surface area contributed by atoms with E-state index >= 15 is 0 Å². The quantitative estimate of drug-likeness (QED) is 0.0752. The number of hydrogen-bond donors (Lipinski definition) is 2. The maximum atomic E-state index is 13.9. The van der Waals surface area contributed by atoms with Gasteiger partial charge in [0.25, 0.3) is 0 Å². The van der Waals surface area contributed by atoms with Gasteiger partial charge in [0.15, 0.2) is 0 Å². The van der Waals surface area contributed by atoms with Crippen LogP contribution in [0.15, 0.2) is 11.6 Å². The molecule has 0 spiro atoms. The molecule has 9 atom stereocenters. The van der Waals surface area contributed by atoms with E-state index in [4.69, 9.17) is 14.2 Å². The van der Waals surface area contributed by atoms with Gasteiger partial charge in [-0.2, -0.15) is 0 Å². The molecule has 0 heterocycles. The summed E-state index contributed by atoms with van der Waals surface area (Å²) >= 11 is 0. The topological polar surface area (TPSA) is 123 Å². The Labute approximate surface area is 390 Å². The lowest BCUT2D eigenvalue weighted by atomic mass is 9.47. The van der Waals surface area contributed by atoms with Gasteiger partial charge >= 0.3 is 18.2 Å². The zero-order valence-electron chi connectivity index (χ0n) is 43.7. The van der Waals surface area contributed by atoms with Crippen molar-refractivity contribution in [3.63, 3.8) is 0 Å². The summed E-state index contributed by atoms with van der Waals surface area (Å²) in [5.41, 5.74) is -0.344. The number of carbonyl (C=O) groups is 4. The van der Waals surface area contributed by atoms with Crippen LogP contribution in [0.2, 0.25) is 0 Å². The van der Waals surface area contributed by atoms with Crippen LogP contribution in [0.1, 0.15) is 214 Å². The van der Waals surface area contributed by atoms with Gasteiger partial charge < -0.3 is 29.7 Å². The summed E-state index contributed by atoms with van der Waals surface area (Å²) in [6.45, 7) is 34.4. The highest BCUT2D eigenvalue weighted by molar-refractivity contribution is 5.81. The smallest absolute Gasteiger partial charge is 0.408 e. The van der Waals surface area contributed by atoms with Gasteiger partial charge in [-0.05, 0) is 192 Å².